The smallest absolute Gasteiger partial charge is 0.120 e. The minimum atomic E-state index is -0.0959. The van der Waals surface area contributed by atoms with Crippen molar-refractivity contribution in [3.63, 3.8) is 0 Å². The Morgan fingerprint density at radius 1 is 0.692 bits per heavy atom. The van der Waals surface area contributed by atoms with Crippen molar-refractivity contribution in [2.24, 2.45) is 0 Å². The highest BCUT2D eigenvalue weighted by Gasteiger charge is 2.10. The number of hydrogen-bond donors (Lipinski definition) is 0. The monoisotopic (exact) mass is 356 g/mol. The van der Waals surface area contributed by atoms with Crippen LogP contribution in [0.3, 0.4) is 0 Å². The fourth-order valence-electron chi connectivity index (χ4n) is 2.26. The van der Waals surface area contributed by atoms with E-state index in [0.717, 1.165) is 25.2 Å². The molecule has 0 aliphatic rings. The number of aryl methyl sites for hydroxylation is 1. The number of para-hydroxylation sites is 1. The molecule has 0 saturated heterocycles. The van der Waals surface area contributed by atoms with Crippen LogP contribution in [0.15, 0.2) is 54.6 Å². The zero-order valence-electron chi connectivity index (χ0n) is 17.6. The standard InChI is InChI=1S/C14H22O.C10H14O/c1-5-12-6-8-13(9-7-12)10-11-15-14(2,3)4;1-10(2,3)11-9-7-5-4-6-8-9/h6-9H,5,10-11H2,1-4H3;4-8H,1-3H3. The highest BCUT2D eigenvalue weighted by molar-refractivity contribution is 5.22. The molecule has 0 fully saturated rings. The lowest BCUT2D eigenvalue weighted by Crippen LogP contribution is -2.22. The van der Waals surface area contributed by atoms with E-state index in [1.165, 1.54) is 11.1 Å². The van der Waals surface area contributed by atoms with Gasteiger partial charge in [-0.25, -0.2) is 0 Å². The van der Waals surface area contributed by atoms with Crippen LogP contribution in [0.25, 0.3) is 0 Å². The van der Waals surface area contributed by atoms with Crippen molar-refractivity contribution >= 4 is 0 Å². The Kier molecular flexibility index (Phi) is 8.87. The van der Waals surface area contributed by atoms with Crippen LogP contribution in [0.1, 0.15) is 59.6 Å². The molecule has 2 rings (SSSR count). The number of ether oxygens (including phenoxy) is 2. The molecule has 0 unspecified atom stereocenters. The molecule has 0 aliphatic carbocycles. The van der Waals surface area contributed by atoms with Crippen LogP contribution < -0.4 is 4.74 Å². The first-order chi connectivity index (χ1) is 12.1. The summed E-state index contributed by atoms with van der Waals surface area (Å²) in [5.41, 5.74) is 2.64. The molecule has 0 N–H and O–H groups in total. The number of benzene rings is 2. The fourth-order valence-corrected chi connectivity index (χ4v) is 2.26. The molecule has 0 aliphatic heterocycles. The Morgan fingerprint density at radius 2 is 1.23 bits per heavy atom. The molecule has 0 spiro atoms. The largest absolute Gasteiger partial charge is 0.488 e. The zero-order chi connectivity index (χ0) is 19.6. The number of rotatable bonds is 5. The third-order valence-electron chi connectivity index (χ3n) is 3.52. The van der Waals surface area contributed by atoms with E-state index in [-0.39, 0.29) is 11.2 Å². The normalized spacial score (nSPS) is 11.5. The summed E-state index contributed by atoms with van der Waals surface area (Å²) in [6.45, 7) is 15.4. The van der Waals surface area contributed by atoms with Crippen LogP contribution in [0.5, 0.6) is 5.75 Å². The average Bonchev–Trinajstić information content (AvgIpc) is 2.54. The van der Waals surface area contributed by atoms with Crippen molar-refractivity contribution < 1.29 is 9.47 Å². The second kappa shape index (κ2) is 10.4. The van der Waals surface area contributed by atoms with Crippen molar-refractivity contribution in [2.45, 2.75) is 72.5 Å². The Balaban J connectivity index is 0.000000273. The average molecular weight is 357 g/mol. The van der Waals surface area contributed by atoms with Crippen LogP contribution in [0.4, 0.5) is 0 Å². The van der Waals surface area contributed by atoms with Gasteiger partial charge in [-0.3, -0.25) is 0 Å². The molecule has 2 nitrogen and oxygen atoms in total. The van der Waals surface area contributed by atoms with Gasteiger partial charge in [-0.05, 0) is 77.6 Å². The predicted molar refractivity (Wildman–Crippen MR) is 112 cm³/mol. The summed E-state index contributed by atoms with van der Waals surface area (Å²) in [5, 5.41) is 0. The minimum Gasteiger partial charge on any atom is -0.488 e. The third kappa shape index (κ3) is 10.9. The molecule has 26 heavy (non-hydrogen) atoms. The van der Waals surface area contributed by atoms with E-state index in [1.807, 2.05) is 51.1 Å². The topological polar surface area (TPSA) is 18.5 Å². The first kappa shape index (κ1) is 22.2. The van der Waals surface area contributed by atoms with Crippen molar-refractivity contribution in [3.8, 4) is 5.75 Å². The van der Waals surface area contributed by atoms with Crippen LogP contribution in [-0.4, -0.2) is 17.8 Å². The van der Waals surface area contributed by atoms with E-state index in [2.05, 4.69) is 52.0 Å². The molecule has 0 heterocycles. The molecule has 0 atom stereocenters. The minimum absolute atomic E-state index is 0.0244. The zero-order valence-corrected chi connectivity index (χ0v) is 17.6. The summed E-state index contributed by atoms with van der Waals surface area (Å²) in [7, 11) is 0. The van der Waals surface area contributed by atoms with Gasteiger partial charge in [-0.1, -0.05) is 49.4 Å². The second-order valence-corrected chi connectivity index (χ2v) is 8.41. The van der Waals surface area contributed by atoms with E-state index < -0.39 is 0 Å². The van der Waals surface area contributed by atoms with Crippen LogP contribution in [-0.2, 0) is 17.6 Å². The van der Waals surface area contributed by atoms with E-state index in [1.54, 1.807) is 0 Å². The summed E-state index contributed by atoms with van der Waals surface area (Å²) in [4.78, 5) is 0. The Morgan fingerprint density at radius 3 is 1.69 bits per heavy atom. The van der Waals surface area contributed by atoms with Crippen LogP contribution >= 0.6 is 0 Å². The highest BCUT2D eigenvalue weighted by atomic mass is 16.5. The van der Waals surface area contributed by atoms with Gasteiger partial charge in [0.05, 0.1) is 12.2 Å². The first-order valence-corrected chi connectivity index (χ1v) is 9.55. The Bertz CT molecular complexity index is 601. The third-order valence-corrected chi connectivity index (χ3v) is 3.52. The van der Waals surface area contributed by atoms with Gasteiger partial charge in [0.25, 0.3) is 0 Å². The fraction of sp³-hybridized carbons (Fsp3) is 0.500. The molecule has 0 amide bonds. The molecular weight excluding hydrogens is 320 g/mol. The van der Waals surface area contributed by atoms with Gasteiger partial charge in [0.1, 0.15) is 11.4 Å². The molecule has 2 aromatic rings. The van der Waals surface area contributed by atoms with Gasteiger partial charge in [0.2, 0.25) is 0 Å². The molecule has 144 valence electrons. The lowest BCUT2D eigenvalue weighted by molar-refractivity contribution is -0.000979. The van der Waals surface area contributed by atoms with Crippen LogP contribution in [0, 0.1) is 0 Å². The highest BCUT2D eigenvalue weighted by Crippen LogP contribution is 2.16. The molecule has 2 aromatic carbocycles. The van der Waals surface area contributed by atoms with Gasteiger partial charge in [-0.15, -0.1) is 0 Å². The predicted octanol–water partition coefficient (Wildman–Crippen LogP) is 6.47. The maximum Gasteiger partial charge on any atom is 0.120 e. The summed E-state index contributed by atoms with van der Waals surface area (Å²) in [5.74, 6) is 0.931. The van der Waals surface area contributed by atoms with Gasteiger partial charge in [0.15, 0.2) is 0 Å². The molecule has 0 saturated carbocycles. The quantitative estimate of drug-likeness (QED) is 0.611. The maximum absolute atomic E-state index is 5.69. The lowest BCUT2D eigenvalue weighted by atomic mass is 10.1. The van der Waals surface area contributed by atoms with Crippen molar-refractivity contribution in [3.05, 3.63) is 65.7 Å². The maximum atomic E-state index is 5.69. The Hall–Kier alpha value is -1.80. The lowest BCUT2D eigenvalue weighted by Gasteiger charge is -2.20. The Labute approximate surface area is 160 Å². The summed E-state index contributed by atoms with van der Waals surface area (Å²) < 4.78 is 11.3. The van der Waals surface area contributed by atoms with Crippen molar-refractivity contribution in [2.75, 3.05) is 6.61 Å². The first-order valence-electron chi connectivity index (χ1n) is 9.55. The summed E-state index contributed by atoms with van der Waals surface area (Å²) in [6, 6.07) is 18.7. The van der Waals surface area contributed by atoms with E-state index in [0.29, 0.717) is 0 Å². The molecule has 0 radical (unpaired) electrons. The van der Waals surface area contributed by atoms with E-state index in [4.69, 9.17) is 9.47 Å². The summed E-state index contributed by atoms with van der Waals surface area (Å²) >= 11 is 0. The second-order valence-electron chi connectivity index (χ2n) is 8.41. The molecular formula is C24H36O2. The van der Waals surface area contributed by atoms with Crippen LogP contribution in [0.2, 0.25) is 0 Å². The molecule has 2 heteroatoms. The van der Waals surface area contributed by atoms with E-state index in [9.17, 15) is 0 Å². The van der Waals surface area contributed by atoms with Gasteiger partial charge in [0, 0.05) is 0 Å². The van der Waals surface area contributed by atoms with Gasteiger partial charge >= 0.3 is 0 Å². The van der Waals surface area contributed by atoms with Gasteiger partial charge < -0.3 is 9.47 Å². The number of hydrogen-bond acceptors (Lipinski definition) is 2. The van der Waals surface area contributed by atoms with Gasteiger partial charge in [-0.2, -0.15) is 0 Å². The van der Waals surface area contributed by atoms with Crippen molar-refractivity contribution in [1.82, 2.24) is 0 Å². The molecule has 0 aromatic heterocycles. The van der Waals surface area contributed by atoms with Crippen molar-refractivity contribution in [1.29, 1.82) is 0 Å². The molecule has 0 bridgehead atoms. The van der Waals surface area contributed by atoms with E-state index >= 15 is 0 Å². The SMILES string of the molecule is CC(C)(C)Oc1ccccc1.CCc1ccc(CCOC(C)(C)C)cc1. The summed E-state index contributed by atoms with van der Waals surface area (Å²) in [6.07, 6.45) is 2.11.